The molecular formula is C15H18ClFN2O3. The molecule has 2 rings (SSSR count). The predicted molar refractivity (Wildman–Crippen MR) is 81.2 cm³/mol. The number of piperidine rings is 1. The molecule has 5 nitrogen and oxygen atoms in total. The van der Waals surface area contributed by atoms with Gasteiger partial charge in [0.15, 0.2) is 0 Å². The summed E-state index contributed by atoms with van der Waals surface area (Å²) >= 11 is 5.78. The van der Waals surface area contributed by atoms with Gasteiger partial charge in [-0.1, -0.05) is 11.6 Å². The Balaban J connectivity index is 1.83. The second-order valence-corrected chi connectivity index (χ2v) is 5.68. The number of nitrogens with zero attached hydrogens (tertiary/aromatic N) is 1. The Morgan fingerprint density at radius 3 is 2.73 bits per heavy atom. The van der Waals surface area contributed by atoms with Crippen LogP contribution in [0.2, 0.25) is 5.02 Å². The lowest BCUT2D eigenvalue weighted by molar-refractivity contribution is -0.147. The van der Waals surface area contributed by atoms with E-state index in [0.29, 0.717) is 31.0 Å². The SMILES string of the molecule is COC(=O)C1CCN(CC(=O)Nc2cc(Cl)ccc2F)CC1. The highest BCUT2D eigenvalue weighted by atomic mass is 35.5. The van der Waals surface area contributed by atoms with Crippen LogP contribution in [-0.2, 0) is 14.3 Å². The maximum atomic E-state index is 13.5. The van der Waals surface area contributed by atoms with Gasteiger partial charge in [0.1, 0.15) is 5.82 Å². The van der Waals surface area contributed by atoms with Crippen LogP contribution in [0.5, 0.6) is 0 Å². The van der Waals surface area contributed by atoms with E-state index in [1.165, 1.54) is 25.3 Å². The molecule has 1 aliphatic heterocycles. The fraction of sp³-hybridized carbons (Fsp3) is 0.467. The quantitative estimate of drug-likeness (QED) is 0.862. The number of halogens is 2. The molecule has 1 aliphatic rings. The molecule has 0 atom stereocenters. The Hall–Kier alpha value is -1.66. The van der Waals surface area contributed by atoms with Gasteiger partial charge in [-0.15, -0.1) is 0 Å². The van der Waals surface area contributed by atoms with Crippen LogP contribution in [-0.4, -0.2) is 43.5 Å². The van der Waals surface area contributed by atoms with Crippen molar-refractivity contribution >= 4 is 29.2 Å². The van der Waals surface area contributed by atoms with Crippen LogP contribution in [0.1, 0.15) is 12.8 Å². The molecule has 1 fully saturated rings. The summed E-state index contributed by atoms with van der Waals surface area (Å²) in [7, 11) is 1.38. The Kier molecular flexibility index (Phi) is 5.74. The van der Waals surface area contributed by atoms with Crippen LogP contribution in [0.3, 0.4) is 0 Å². The van der Waals surface area contributed by atoms with Crippen molar-refractivity contribution in [1.82, 2.24) is 4.90 Å². The number of likely N-dealkylation sites (tertiary alicyclic amines) is 1. The summed E-state index contributed by atoms with van der Waals surface area (Å²) in [6.07, 6.45) is 1.32. The molecule has 1 N–H and O–H groups in total. The summed E-state index contributed by atoms with van der Waals surface area (Å²) in [5.74, 6) is -1.14. The van der Waals surface area contributed by atoms with Crippen LogP contribution in [0.25, 0.3) is 0 Å². The smallest absolute Gasteiger partial charge is 0.308 e. The zero-order valence-electron chi connectivity index (χ0n) is 12.3. The molecule has 1 aromatic carbocycles. The molecule has 0 spiro atoms. The average Bonchev–Trinajstić information content (AvgIpc) is 2.51. The third kappa shape index (κ3) is 4.42. The molecule has 0 saturated carbocycles. The summed E-state index contributed by atoms with van der Waals surface area (Å²) in [5, 5.41) is 2.87. The maximum absolute atomic E-state index is 13.5. The number of carbonyl (C=O) groups is 2. The number of anilines is 1. The lowest BCUT2D eigenvalue weighted by atomic mass is 9.97. The van der Waals surface area contributed by atoms with E-state index < -0.39 is 5.82 Å². The van der Waals surface area contributed by atoms with E-state index in [9.17, 15) is 14.0 Å². The number of hydrogen-bond acceptors (Lipinski definition) is 4. The van der Waals surface area contributed by atoms with Gasteiger partial charge < -0.3 is 10.1 Å². The normalized spacial score (nSPS) is 16.3. The van der Waals surface area contributed by atoms with Gasteiger partial charge in [-0.05, 0) is 44.1 Å². The number of methoxy groups -OCH3 is 1. The zero-order chi connectivity index (χ0) is 16.1. The highest BCUT2D eigenvalue weighted by Crippen LogP contribution is 2.20. The number of amides is 1. The number of esters is 1. The van der Waals surface area contributed by atoms with Crippen molar-refractivity contribution in [2.75, 3.05) is 32.1 Å². The average molecular weight is 329 g/mol. The highest BCUT2D eigenvalue weighted by molar-refractivity contribution is 6.30. The third-order valence-electron chi connectivity index (χ3n) is 3.69. The molecule has 0 aliphatic carbocycles. The minimum Gasteiger partial charge on any atom is -0.469 e. The van der Waals surface area contributed by atoms with Crippen molar-refractivity contribution in [2.24, 2.45) is 5.92 Å². The number of hydrogen-bond donors (Lipinski definition) is 1. The second kappa shape index (κ2) is 7.56. The minimum atomic E-state index is -0.526. The molecule has 22 heavy (non-hydrogen) atoms. The fourth-order valence-corrected chi connectivity index (χ4v) is 2.65. The lowest BCUT2D eigenvalue weighted by Crippen LogP contribution is -2.41. The molecule has 7 heteroatoms. The molecule has 1 amide bonds. The molecule has 0 radical (unpaired) electrons. The second-order valence-electron chi connectivity index (χ2n) is 5.25. The first-order valence-electron chi connectivity index (χ1n) is 7.04. The summed E-state index contributed by atoms with van der Waals surface area (Å²) in [6, 6.07) is 4.00. The fourth-order valence-electron chi connectivity index (χ4n) is 2.48. The molecular weight excluding hydrogens is 311 g/mol. The number of carbonyl (C=O) groups excluding carboxylic acids is 2. The number of ether oxygens (including phenoxy) is 1. The van der Waals surface area contributed by atoms with Gasteiger partial charge in [-0.2, -0.15) is 0 Å². The van der Waals surface area contributed by atoms with E-state index in [1.54, 1.807) is 0 Å². The maximum Gasteiger partial charge on any atom is 0.308 e. The van der Waals surface area contributed by atoms with Gasteiger partial charge in [0.05, 0.1) is 25.3 Å². The lowest BCUT2D eigenvalue weighted by Gasteiger charge is -2.29. The Morgan fingerprint density at radius 1 is 1.41 bits per heavy atom. The number of rotatable bonds is 4. The van der Waals surface area contributed by atoms with Crippen molar-refractivity contribution in [3.05, 3.63) is 29.0 Å². The summed E-state index contributed by atoms with van der Waals surface area (Å²) < 4.78 is 18.3. The largest absolute Gasteiger partial charge is 0.469 e. The molecule has 1 saturated heterocycles. The molecule has 0 unspecified atom stereocenters. The van der Waals surface area contributed by atoms with Gasteiger partial charge in [0.25, 0.3) is 0 Å². The van der Waals surface area contributed by atoms with Gasteiger partial charge in [-0.25, -0.2) is 4.39 Å². The van der Waals surface area contributed by atoms with Crippen LogP contribution in [0.4, 0.5) is 10.1 Å². The Bertz CT molecular complexity index is 560. The van der Waals surface area contributed by atoms with E-state index in [-0.39, 0.29) is 30.0 Å². The molecule has 1 heterocycles. The van der Waals surface area contributed by atoms with Crippen molar-refractivity contribution in [3.63, 3.8) is 0 Å². The monoisotopic (exact) mass is 328 g/mol. The molecule has 0 bridgehead atoms. The highest BCUT2D eigenvalue weighted by Gasteiger charge is 2.26. The van der Waals surface area contributed by atoms with E-state index in [0.717, 1.165) is 0 Å². The van der Waals surface area contributed by atoms with Crippen LogP contribution in [0.15, 0.2) is 18.2 Å². The first kappa shape index (κ1) is 16.7. The van der Waals surface area contributed by atoms with Gasteiger partial charge in [0.2, 0.25) is 5.91 Å². The molecule has 1 aromatic rings. The molecule has 120 valence electrons. The van der Waals surface area contributed by atoms with E-state index >= 15 is 0 Å². The third-order valence-corrected chi connectivity index (χ3v) is 3.93. The van der Waals surface area contributed by atoms with Crippen LogP contribution in [0, 0.1) is 11.7 Å². The van der Waals surface area contributed by atoms with Gasteiger partial charge in [0, 0.05) is 5.02 Å². The van der Waals surface area contributed by atoms with Gasteiger partial charge >= 0.3 is 5.97 Å². The van der Waals surface area contributed by atoms with Crippen molar-refractivity contribution in [2.45, 2.75) is 12.8 Å². The first-order valence-corrected chi connectivity index (χ1v) is 7.42. The Labute approximate surface area is 133 Å². The van der Waals surface area contributed by atoms with Crippen molar-refractivity contribution < 1.29 is 18.7 Å². The first-order chi connectivity index (χ1) is 10.5. The predicted octanol–water partition coefficient (Wildman–Crippen LogP) is 2.30. The zero-order valence-corrected chi connectivity index (χ0v) is 13.0. The standard InChI is InChI=1S/C15H18ClFN2O3/c1-22-15(21)10-4-6-19(7-5-10)9-14(20)18-13-8-11(16)2-3-12(13)17/h2-3,8,10H,4-7,9H2,1H3,(H,18,20). The van der Waals surface area contributed by atoms with E-state index in [2.05, 4.69) is 5.32 Å². The summed E-state index contributed by atoms with van der Waals surface area (Å²) in [6.45, 7) is 1.41. The minimum absolute atomic E-state index is 0.0712. The van der Waals surface area contributed by atoms with E-state index in [4.69, 9.17) is 16.3 Å². The van der Waals surface area contributed by atoms with Crippen LogP contribution < -0.4 is 5.32 Å². The summed E-state index contributed by atoms with van der Waals surface area (Å²) in [4.78, 5) is 25.3. The van der Waals surface area contributed by atoms with Crippen LogP contribution >= 0.6 is 11.6 Å². The Morgan fingerprint density at radius 2 is 2.09 bits per heavy atom. The topological polar surface area (TPSA) is 58.6 Å². The van der Waals surface area contributed by atoms with E-state index in [1.807, 2.05) is 4.90 Å². The van der Waals surface area contributed by atoms with Crippen molar-refractivity contribution in [3.8, 4) is 0 Å². The number of benzene rings is 1. The molecule has 0 aromatic heterocycles. The summed E-state index contributed by atoms with van der Waals surface area (Å²) in [5.41, 5.74) is 0.0712. The van der Waals surface area contributed by atoms with Gasteiger partial charge in [-0.3, -0.25) is 14.5 Å². The number of nitrogens with one attached hydrogen (secondary N) is 1. The van der Waals surface area contributed by atoms with Crippen molar-refractivity contribution in [1.29, 1.82) is 0 Å².